The van der Waals surface area contributed by atoms with Gasteiger partial charge in [-0.1, -0.05) is 26.8 Å². The predicted octanol–water partition coefficient (Wildman–Crippen LogP) is 4.24. The average molecular weight is 736 g/mol. The Balaban J connectivity index is 0.915. The summed E-state index contributed by atoms with van der Waals surface area (Å²) in [6.45, 7) is 14.7. The van der Waals surface area contributed by atoms with Gasteiger partial charge in [-0.05, 0) is 74.7 Å². The summed E-state index contributed by atoms with van der Waals surface area (Å²) < 4.78 is 8.29. The van der Waals surface area contributed by atoms with Crippen molar-refractivity contribution in [2.24, 2.45) is 46.2 Å². The number of fused-ring (bicyclic) bond motifs is 1. The van der Waals surface area contributed by atoms with Crippen LogP contribution in [0.25, 0.3) is 11.2 Å². The molecule has 2 saturated heterocycles. The van der Waals surface area contributed by atoms with Gasteiger partial charge in [-0.3, -0.25) is 14.4 Å². The molecular weight excluding hydrogens is 679 g/mol. The van der Waals surface area contributed by atoms with Gasteiger partial charge in [-0.2, -0.15) is 0 Å². The van der Waals surface area contributed by atoms with Gasteiger partial charge in [0.15, 0.2) is 17.0 Å². The van der Waals surface area contributed by atoms with Gasteiger partial charge in [0.25, 0.3) is 0 Å². The maximum Gasteiger partial charge on any atom is 0.316 e. The van der Waals surface area contributed by atoms with E-state index < -0.39 is 17.6 Å². The maximum atomic E-state index is 13.5. The van der Waals surface area contributed by atoms with E-state index in [1.165, 1.54) is 0 Å². The summed E-state index contributed by atoms with van der Waals surface area (Å²) in [6.07, 6.45) is 10.8. The van der Waals surface area contributed by atoms with Gasteiger partial charge in [0.05, 0.1) is 18.2 Å². The highest BCUT2D eigenvalue weighted by atomic mass is 32.2. The fourth-order valence-corrected chi connectivity index (χ4v) is 11.6. The van der Waals surface area contributed by atoms with Gasteiger partial charge < -0.3 is 29.9 Å². The number of hydrogen-bond acceptors (Lipinski definition) is 11. The van der Waals surface area contributed by atoms with E-state index in [9.17, 15) is 19.5 Å². The normalized spacial score (nSPS) is 35.3. The molecule has 5 aliphatic rings. The number of anilines is 1. The van der Waals surface area contributed by atoms with Crippen molar-refractivity contribution >= 4 is 46.4 Å². The van der Waals surface area contributed by atoms with E-state index in [-0.39, 0.29) is 57.7 Å². The van der Waals surface area contributed by atoms with Crippen molar-refractivity contribution < 1.29 is 24.2 Å². The lowest BCUT2D eigenvalue weighted by molar-refractivity contribution is -0.179. The van der Waals surface area contributed by atoms with Crippen molar-refractivity contribution in [1.82, 2.24) is 24.4 Å². The number of piperidine rings is 1. The number of nitrogens with two attached hydrogens (primary N) is 1. The van der Waals surface area contributed by atoms with Crippen molar-refractivity contribution in [2.45, 2.75) is 103 Å². The smallest absolute Gasteiger partial charge is 0.316 e. The van der Waals surface area contributed by atoms with Crippen LogP contribution in [-0.2, 0) is 25.7 Å². The lowest BCUT2D eigenvalue weighted by Gasteiger charge is -2.57. The number of ether oxygens (including phenoxy) is 1. The molecule has 2 aromatic rings. The summed E-state index contributed by atoms with van der Waals surface area (Å²) in [5.41, 5.74) is 6.51. The highest BCUT2D eigenvalue weighted by Crippen LogP contribution is 2.63. The van der Waals surface area contributed by atoms with Gasteiger partial charge >= 0.3 is 5.97 Å². The van der Waals surface area contributed by atoms with Crippen molar-refractivity contribution in [1.29, 1.82) is 0 Å². The number of likely N-dealkylation sites (tertiary alicyclic amines) is 1. The third-order valence-electron chi connectivity index (χ3n) is 13.9. The first-order chi connectivity index (χ1) is 25.0. The van der Waals surface area contributed by atoms with E-state index in [4.69, 9.17) is 10.5 Å². The average Bonchev–Trinajstić information content (AvgIpc) is 3.90. The molecule has 7 rings (SSSR count). The van der Waals surface area contributed by atoms with Crippen LogP contribution < -0.4 is 10.6 Å². The molecule has 3 N–H and O–H groups in total. The zero-order chi connectivity index (χ0) is 36.8. The van der Waals surface area contributed by atoms with E-state index in [0.717, 1.165) is 68.6 Å². The fourth-order valence-electron chi connectivity index (χ4n) is 10.6. The fraction of sp³-hybridized carbons (Fsp3) is 0.744. The third kappa shape index (κ3) is 6.78. The molecule has 5 fully saturated rings. The second-order valence-corrected chi connectivity index (χ2v) is 18.0. The summed E-state index contributed by atoms with van der Waals surface area (Å²) in [5.74, 6) is 1.62. The van der Waals surface area contributed by atoms with E-state index in [2.05, 4.69) is 40.3 Å². The Kier molecular flexibility index (Phi) is 10.8. The molecule has 12 nitrogen and oxygen atoms in total. The SMILES string of the molecule is C=C[C@]1(C)C[C@@H](OC(=O)CSC2CCN(C(=O)CCn3cnc4c(N5CCC(CN)C5)ncnc43)CC2)[C@@H]2C(C)CC[C@]3(CCC(=O)C23)[C@@H](C)[C@@H]1O. The van der Waals surface area contributed by atoms with Crippen LogP contribution in [0.1, 0.15) is 78.6 Å². The number of Topliss-reactive ketones (excluding diaryl/α,β-unsaturated/α-hetero) is 1. The molecular formula is C39H57N7O5S. The number of carbonyl (C=O) groups excluding carboxylic acids is 3. The molecule has 52 heavy (non-hydrogen) atoms. The Labute approximate surface area is 311 Å². The predicted molar refractivity (Wildman–Crippen MR) is 201 cm³/mol. The minimum Gasteiger partial charge on any atom is -0.461 e. The lowest BCUT2D eigenvalue weighted by atomic mass is 9.49. The molecule has 2 aromatic heterocycles. The highest BCUT2D eigenvalue weighted by molar-refractivity contribution is 8.00. The molecule has 3 saturated carbocycles. The van der Waals surface area contributed by atoms with Crippen LogP contribution in [-0.4, -0.2) is 103 Å². The van der Waals surface area contributed by atoms with Crippen LogP contribution in [0.4, 0.5) is 5.82 Å². The number of imidazole rings is 1. The Morgan fingerprint density at radius 2 is 1.92 bits per heavy atom. The number of rotatable bonds is 10. The summed E-state index contributed by atoms with van der Waals surface area (Å²) in [4.78, 5) is 58.1. The quantitative estimate of drug-likeness (QED) is 0.266. The monoisotopic (exact) mass is 735 g/mol. The number of esters is 1. The number of thioether (sulfide) groups is 1. The number of aliphatic hydroxyl groups excluding tert-OH is 1. The molecule has 2 aliphatic heterocycles. The molecule has 2 bridgehead atoms. The van der Waals surface area contributed by atoms with Crippen LogP contribution in [0.15, 0.2) is 25.3 Å². The first-order valence-electron chi connectivity index (χ1n) is 19.5. The molecule has 284 valence electrons. The van der Waals surface area contributed by atoms with E-state index in [0.29, 0.717) is 51.4 Å². The topological polar surface area (TPSA) is 157 Å². The number of aromatic nitrogens is 4. The summed E-state index contributed by atoms with van der Waals surface area (Å²) in [6, 6.07) is 0. The zero-order valence-electron chi connectivity index (χ0n) is 31.1. The molecule has 0 aromatic carbocycles. The maximum absolute atomic E-state index is 13.5. The number of nitrogens with zero attached hydrogens (tertiary/aromatic N) is 6. The minimum atomic E-state index is -0.665. The molecule has 0 radical (unpaired) electrons. The van der Waals surface area contributed by atoms with Crippen molar-refractivity contribution in [3.8, 4) is 0 Å². The van der Waals surface area contributed by atoms with Gasteiger partial charge in [0.2, 0.25) is 5.91 Å². The second kappa shape index (κ2) is 15.0. The number of hydrogen-bond donors (Lipinski definition) is 2. The van der Waals surface area contributed by atoms with Gasteiger partial charge in [-0.15, -0.1) is 18.3 Å². The van der Waals surface area contributed by atoms with Crippen LogP contribution in [0.3, 0.4) is 0 Å². The summed E-state index contributed by atoms with van der Waals surface area (Å²) in [5, 5.41) is 12.0. The number of amides is 1. The second-order valence-electron chi connectivity index (χ2n) is 16.7. The molecule has 3 aliphatic carbocycles. The van der Waals surface area contributed by atoms with Gasteiger partial charge in [0.1, 0.15) is 18.2 Å². The first kappa shape index (κ1) is 37.3. The Bertz CT molecular complexity index is 1660. The van der Waals surface area contributed by atoms with Crippen LogP contribution in [0.5, 0.6) is 0 Å². The van der Waals surface area contributed by atoms with Gasteiger partial charge in [-0.25, -0.2) is 15.0 Å². The third-order valence-corrected chi connectivity index (χ3v) is 15.2. The number of carbonyl (C=O) groups is 3. The standard InChI is InChI=1S/C39H57N7O5S/c1-5-38(4)18-29(32-24(2)6-12-39(25(3)35(38)50)13-7-28(47)33(32)39)51-31(49)21-52-27-9-15-44(16-10-27)30(48)11-17-46-23-43-34-36(41-22-42-37(34)46)45-14-8-26(19-40)20-45/h5,22-27,29,32-33,35,50H,1,6-21,40H2,2-4H3/t24?,25-,26?,29+,32-,33?,35-,38+,39-/m0/s1. The summed E-state index contributed by atoms with van der Waals surface area (Å²) in [7, 11) is 0. The minimum absolute atomic E-state index is 0.0366. The van der Waals surface area contributed by atoms with E-state index in [1.54, 1.807) is 24.4 Å². The number of aliphatic hydroxyl groups is 1. The highest BCUT2D eigenvalue weighted by Gasteiger charge is 2.63. The molecule has 1 amide bonds. The largest absolute Gasteiger partial charge is 0.461 e. The summed E-state index contributed by atoms with van der Waals surface area (Å²) >= 11 is 1.61. The molecule has 13 heteroatoms. The van der Waals surface area contributed by atoms with Crippen LogP contribution in [0.2, 0.25) is 0 Å². The Morgan fingerprint density at radius 1 is 1.13 bits per heavy atom. The molecule has 4 heterocycles. The Hall–Kier alpha value is -3.03. The zero-order valence-corrected chi connectivity index (χ0v) is 31.9. The Morgan fingerprint density at radius 3 is 2.65 bits per heavy atom. The molecule has 9 atom stereocenters. The van der Waals surface area contributed by atoms with Crippen LogP contribution >= 0.6 is 11.8 Å². The van der Waals surface area contributed by atoms with Crippen LogP contribution in [0, 0.1) is 40.4 Å². The molecule has 0 spiro atoms. The first-order valence-corrected chi connectivity index (χ1v) is 20.6. The van der Waals surface area contributed by atoms with Crippen molar-refractivity contribution in [2.75, 3.05) is 43.4 Å². The van der Waals surface area contributed by atoms with Crippen molar-refractivity contribution in [3.05, 3.63) is 25.3 Å². The number of ketones is 1. The van der Waals surface area contributed by atoms with Gasteiger partial charge in [0, 0.05) is 68.1 Å². The van der Waals surface area contributed by atoms with E-state index >= 15 is 0 Å². The van der Waals surface area contributed by atoms with Crippen molar-refractivity contribution in [3.63, 3.8) is 0 Å². The number of aryl methyl sites for hydroxylation is 1. The lowest BCUT2D eigenvalue weighted by Crippen LogP contribution is -2.58. The van der Waals surface area contributed by atoms with E-state index in [1.807, 2.05) is 22.5 Å². The molecule has 3 unspecified atom stereocenters.